The summed E-state index contributed by atoms with van der Waals surface area (Å²) in [6, 6.07) is 14.6. The van der Waals surface area contributed by atoms with Gasteiger partial charge in [-0.2, -0.15) is 0 Å². The smallest absolute Gasteiger partial charge is 0.256 e. The average Bonchev–Trinajstić information content (AvgIpc) is 2.76. The number of ether oxygens (including phenoxy) is 2. The van der Waals surface area contributed by atoms with Crippen LogP contribution in [0.25, 0.3) is 12.2 Å². The highest BCUT2D eigenvalue weighted by molar-refractivity contribution is 6.53. The normalized spacial score (nSPS) is 17.0. The Balaban J connectivity index is 1.96. The first kappa shape index (κ1) is 21.9. The highest BCUT2D eigenvalue weighted by atomic mass is 35.5. The summed E-state index contributed by atoms with van der Waals surface area (Å²) in [7, 11) is 3.18. The van der Waals surface area contributed by atoms with Crippen molar-refractivity contribution in [3.05, 3.63) is 70.8 Å². The zero-order valence-electron chi connectivity index (χ0n) is 16.6. The molecule has 0 spiro atoms. The Morgan fingerprint density at radius 1 is 0.867 bits per heavy atom. The SMILES string of the molecule is COc1ccc(/C=C2\CN(C(=O)C(Cl)Cl)C/C(=C\c3ccc(OC)cc3)C2=O)cc1. The monoisotopic (exact) mass is 445 g/mol. The van der Waals surface area contributed by atoms with E-state index >= 15 is 0 Å². The number of nitrogens with zero attached hydrogens (tertiary/aromatic N) is 1. The predicted octanol–water partition coefficient (Wildman–Crippen LogP) is 4.39. The van der Waals surface area contributed by atoms with Crippen molar-refractivity contribution in [2.75, 3.05) is 27.3 Å². The van der Waals surface area contributed by atoms with E-state index in [0.29, 0.717) is 11.1 Å². The van der Waals surface area contributed by atoms with Gasteiger partial charge in [-0.1, -0.05) is 47.5 Å². The van der Waals surface area contributed by atoms with Gasteiger partial charge in [0.25, 0.3) is 5.91 Å². The van der Waals surface area contributed by atoms with Crippen LogP contribution in [0.2, 0.25) is 0 Å². The Hall–Kier alpha value is -2.76. The molecule has 0 saturated carbocycles. The highest BCUT2D eigenvalue weighted by Gasteiger charge is 2.31. The third-order valence-electron chi connectivity index (χ3n) is 4.72. The van der Waals surface area contributed by atoms with Crippen molar-refractivity contribution in [1.82, 2.24) is 4.90 Å². The quantitative estimate of drug-likeness (QED) is 0.505. The lowest BCUT2D eigenvalue weighted by Gasteiger charge is -2.30. The first-order valence-electron chi connectivity index (χ1n) is 9.22. The number of likely N-dealkylation sites (tertiary alicyclic amines) is 1. The Morgan fingerprint density at radius 2 is 1.27 bits per heavy atom. The van der Waals surface area contributed by atoms with E-state index in [-0.39, 0.29) is 18.9 Å². The standard InChI is InChI=1S/C23H21Cl2NO4/c1-29-19-7-3-15(4-8-19)11-17-13-26(23(28)22(24)25)14-18(21(17)27)12-16-5-9-20(30-2)10-6-16/h3-12,22H,13-14H2,1-2H3/b17-11+,18-12+. The number of methoxy groups -OCH3 is 2. The molecular weight excluding hydrogens is 425 g/mol. The van der Waals surface area contributed by atoms with E-state index in [1.807, 2.05) is 48.5 Å². The van der Waals surface area contributed by atoms with Crippen LogP contribution < -0.4 is 9.47 Å². The molecule has 2 aromatic carbocycles. The molecule has 1 heterocycles. The minimum Gasteiger partial charge on any atom is -0.497 e. The molecule has 3 rings (SSSR count). The Morgan fingerprint density at radius 3 is 1.60 bits per heavy atom. The summed E-state index contributed by atoms with van der Waals surface area (Å²) in [4.78, 5) is 25.9. The molecule has 1 aliphatic rings. The molecule has 0 radical (unpaired) electrons. The number of carbonyl (C=O) groups excluding carboxylic acids is 2. The van der Waals surface area contributed by atoms with Crippen molar-refractivity contribution in [3.8, 4) is 11.5 Å². The Labute approximate surface area is 185 Å². The molecule has 1 aliphatic heterocycles. The van der Waals surface area contributed by atoms with Crippen LogP contribution >= 0.6 is 23.2 Å². The summed E-state index contributed by atoms with van der Waals surface area (Å²) in [6.45, 7) is 0.277. The number of ketones is 1. The van der Waals surface area contributed by atoms with E-state index in [2.05, 4.69) is 0 Å². The minimum absolute atomic E-state index is 0.119. The number of amides is 1. The summed E-state index contributed by atoms with van der Waals surface area (Å²) in [5.74, 6) is 0.880. The van der Waals surface area contributed by atoms with Crippen LogP contribution in [0.15, 0.2) is 59.7 Å². The fraction of sp³-hybridized carbons (Fsp3) is 0.217. The van der Waals surface area contributed by atoms with Crippen molar-refractivity contribution >= 4 is 47.0 Å². The largest absolute Gasteiger partial charge is 0.497 e. The molecule has 0 aromatic heterocycles. The Kier molecular flexibility index (Phi) is 7.19. The number of hydrogen-bond donors (Lipinski definition) is 0. The third-order valence-corrected chi connectivity index (χ3v) is 5.09. The van der Waals surface area contributed by atoms with Gasteiger partial charge in [0.1, 0.15) is 11.5 Å². The van der Waals surface area contributed by atoms with Crippen molar-refractivity contribution in [1.29, 1.82) is 0 Å². The van der Waals surface area contributed by atoms with Gasteiger partial charge in [0, 0.05) is 24.2 Å². The maximum Gasteiger partial charge on any atom is 0.256 e. The van der Waals surface area contributed by atoms with Gasteiger partial charge in [-0.25, -0.2) is 0 Å². The fourth-order valence-corrected chi connectivity index (χ4v) is 3.41. The second-order valence-corrected chi connectivity index (χ2v) is 7.81. The second-order valence-electron chi connectivity index (χ2n) is 6.71. The number of halogens is 2. The van der Waals surface area contributed by atoms with Crippen LogP contribution in [0, 0.1) is 0 Å². The van der Waals surface area contributed by atoms with Crippen LogP contribution in [0.4, 0.5) is 0 Å². The second kappa shape index (κ2) is 9.83. The van der Waals surface area contributed by atoms with E-state index in [0.717, 1.165) is 22.6 Å². The van der Waals surface area contributed by atoms with E-state index in [4.69, 9.17) is 32.7 Å². The first-order chi connectivity index (χ1) is 14.4. The molecule has 0 bridgehead atoms. The van der Waals surface area contributed by atoms with Gasteiger partial charge in [0.15, 0.2) is 10.6 Å². The van der Waals surface area contributed by atoms with Gasteiger partial charge >= 0.3 is 0 Å². The molecule has 0 aliphatic carbocycles. The maximum absolute atomic E-state index is 13.1. The minimum atomic E-state index is -1.19. The molecule has 0 N–H and O–H groups in total. The molecule has 2 aromatic rings. The van der Waals surface area contributed by atoms with Crippen molar-refractivity contribution < 1.29 is 19.1 Å². The molecule has 1 saturated heterocycles. The first-order valence-corrected chi connectivity index (χ1v) is 10.1. The lowest BCUT2D eigenvalue weighted by molar-refractivity contribution is -0.129. The van der Waals surface area contributed by atoms with Crippen molar-refractivity contribution in [3.63, 3.8) is 0 Å². The lowest BCUT2D eigenvalue weighted by Crippen LogP contribution is -2.43. The summed E-state index contributed by atoms with van der Waals surface area (Å²) >= 11 is 11.6. The van der Waals surface area contributed by atoms with Gasteiger partial charge in [-0.3, -0.25) is 9.59 Å². The van der Waals surface area contributed by atoms with Crippen LogP contribution in [0.5, 0.6) is 11.5 Å². The molecular formula is C23H21Cl2NO4. The van der Waals surface area contributed by atoms with Crippen LogP contribution in [-0.4, -0.2) is 48.7 Å². The van der Waals surface area contributed by atoms with Gasteiger partial charge in [0.2, 0.25) is 0 Å². The molecule has 0 atom stereocenters. The predicted molar refractivity (Wildman–Crippen MR) is 119 cm³/mol. The van der Waals surface area contributed by atoms with E-state index in [1.165, 1.54) is 4.90 Å². The van der Waals surface area contributed by atoms with Crippen molar-refractivity contribution in [2.45, 2.75) is 4.84 Å². The van der Waals surface area contributed by atoms with Gasteiger partial charge in [-0.05, 0) is 47.5 Å². The number of piperidine rings is 1. The molecule has 0 unspecified atom stereocenters. The zero-order chi connectivity index (χ0) is 21.7. The third kappa shape index (κ3) is 5.23. The molecule has 30 heavy (non-hydrogen) atoms. The lowest BCUT2D eigenvalue weighted by atomic mass is 9.94. The summed E-state index contributed by atoms with van der Waals surface area (Å²) in [5.41, 5.74) is 2.61. The topological polar surface area (TPSA) is 55.8 Å². The average molecular weight is 446 g/mol. The number of alkyl halides is 2. The maximum atomic E-state index is 13.1. The van der Waals surface area contributed by atoms with E-state index in [9.17, 15) is 9.59 Å². The molecule has 5 nitrogen and oxygen atoms in total. The van der Waals surface area contributed by atoms with Gasteiger partial charge < -0.3 is 14.4 Å². The summed E-state index contributed by atoms with van der Waals surface area (Å²) in [6.07, 6.45) is 3.53. The zero-order valence-corrected chi connectivity index (χ0v) is 18.1. The van der Waals surface area contributed by atoms with Gasteiger partial charge in [0.05, 0.1) is 14.2 Å². The van der Waals surface area contributed by atoms with Gasteiger partial charge in [-0.15, -0.1) is 0 Å². The number of rotatable bonds is 5. The van der Waals surface area contributed by atoms with Crippen molar-refractivity contribution in [2.24, 2.45) is 0 Å². The summed E-state index contributed by atoms with van der Waals surface area (Å²) in [5, 5.41) is 0. The number of benzene rings is 2. The number of Topliss-reactive ketones (excluding diaryl/α,β-unsaturated/α-hetero) is 1. The van der Waals surface area contributed by atoms with Crippen LogP contribution in [-0.2, 0) is 9.59 Å². The Bertz CT molecular complexity index is 910. The summed E-state index contributed by atoms with van der Waals surface area (Å²) < 4.78 is 10.3. The van der Waals surface area contributed by atoms with E-state index < -0.39 is 10.7 Å². The molecule has 1 fully saturated rings. The van der Waals surface area contributed by atoms with Crippen LogP contribution in [0.1, 0.15) is 11.1 Å². The fourth-order valence-electron chi connectivity index (χ4n) is 3.14. The number of hydrogen-bond acceptors (Lipinski definition) is 4. The highest BCUT2D eigenvalue weighted by Crippen LogP contribution is 2.25. The van der Waals surface area contributed by atoms with E-state index in [1.54, 1.807) is 26.4 Å². The number of carbonyl (C=O) groups is 2. The molecule has 7 heteroatoms. The van der Waals surface area contributed by atoms with Crippen LogP contribution in [0.3, 0.4) is 0 Å². The molecule has 1 amide bonds. The molecule has 156 valence electrons.